The zero-order chi connectivity index (χ0) is 20.1. The second-order valence-electron chi connectivity index (χ2n) is 7.40. The summed E-state index contributed by atoms with van der Waals surface area (Å²) in [7, 11) is 0. The molecule has 1 amide bonds. The first-order valence-electron chi connectivity index (χ1n) is 10.2. The minimum absolute atomic E-state index is 0.130. The Morgan fingerprint density at radius 1 is 1.10 bits per heavy atom. The van der Waals surface area contributed by atoms with Crippen LogP contribution >= 0.6 is 0 Å². The number of rotatable bonds is 7. The van der Waals surface area contributed by atoms with Crippen LogP contribution < -0.4 is 5.32 Å². The number of hydrogen-bond acceptors (Lipinski definition) is 5. The van der Waals surface area contributed by atoms with Gasteiger partial charge in [-0.2, -0.15) is 0 Å². The zero-order valence-electron chi connectivity index (χ0n) is 16.8. The lowest BCUT2D eigenvalue weighted by Gasteiger charge is -2.19. The molecule has 1 aliphatic rings. The molecule has 3 heterocycles. The van der Waals surface area contributed by atoms with Gasteiger partial charge in [-0.15, -0.1) is 10.2 Å². The summed E-state index contributed by atoms with van der Waals surface area (Å²) in [5.74, 6) is 1.83. The van der Waals surface area contributed by atoms with E-state index in [1.807, 2.05) is 0 Å². The highest BCUT2D eigenvalue weighted by molar-refractivity contribution is 5.93. The van der Waals surface area contributed by atoms with Crippen molar-refractivity contribution in [1.29, 1.82) is 0 Å². The Bertz CT molecular complexity index is 931. The summed E-state index contributed by atoms with van der Waals surface area (Å²) in [6.07, 6.45) is 5.57. The number of hydrogen-bond donors (Lipinski definition) is 1. The van der Waals surface area contributed by atoms with Gasteiger partial charge in [0.05, 0.1) is 11.8 Å². The predicted octanol–water partition coefficient (Wildman–Crippen LogP) is 2.46. The van der Waals surface area contributed by atoms with Crippen LogP contribution in [-0.4, -0.2) is 45.2 Å². The van der Waals surface area contributed by atoms with Gasteiger partial charge in [0.2, 0.25) is 0 Å². The first kappa shape index (κ1) is 19.4. The van der Waals surface area contributed by atoms with Crippen molar-refractivity contribution in [1.82, 2.24) is 25.0 Å². The molecule has 3 aromatic rings. The number of aromatic nitrogens is 3. The molecular weight excluding hydrogens is 366 g/mol. The van der Waals surface area contributed by atoms with Gasteiger partial charge in [0.1, 0.15) is 17.9 Å². The average Bonchev–Trinajstić information content (AvgIpc) is 3.37. The van der Waals surface area contributed by atoms with Gasteiger partial charge in [-0.05, 0) is 23.6 Å². The van der Waals surface area contributed by atoms with Crippen LogP contribution in [0.5, 0.6) is 0 Å². The number of carbonyl (C=O) groups is 1. The lowest BCUT2D eigenvalue weighted by molar-refractivity contribution is 0.0953. The molecule has 0 saturated heterocycles. The van der Waals surface area contributed by atoms with Crippen LogP contribution in [0.2, 0.25) is 0 Å². The fourth-order valence-corrected chi connectivity index (χ4v) is 3.69. The highest BCUT2D eigenvalue weighted by Crippen LogP contribution is 2.14. The maximum Gasteiger partial charge on any atom is 0.254 e. The largest absolute Gasteiger partial charge is 0.472 e. The molecule has 4 rings (SSSR count). The zero-order valence-corrected chi connectivity index (χ0v) is 16.8. The smallest absolute Gasteiger partial charge is 0.254 e. The molecule has 7 heteroatoms. The van der Waals surface area contributed by atoms with E-state index in [1.165, 1.54) is 23.7 Å². The van der Waals surface area contributed by atoms with Crippen LogP contribution in [0, 0.1) is 0 Å². The number of nitrogens with zero attached hydrogens (tertiary/aromatic N) is 4. The van der Waals surface area contributed by atoms with Crippen LogP contribution in [0.3, 0.4) is 0 Å². The molecule has 1 N–H and O–H groups in total. The summed E-state index contributed by atoms with van der Waals surface area (Å²) in [6, 6.07) is 10.6. The van der Waals surface area contributed by atoms with E-state index in [1.54, 1.807) is 6.07 Å². The molecule has 1 aromatic carbocycles. The third-order valence-corrected chi connectivity index (χ3v) is 5.45. The van der Waals surface area contributed by atoms with Crippen LogP contribution in [-0.2, 0) is 32.4 Å². The van der Waals surface area contributed by atoms with Crippen molar-refractivity contribution in [3.8, 4) is 0 Å². The second-order valence-corrected chi connectivity index (χ2v) is 7.40. The van der Waals surface area contributed by atoms with E-state index in [2.05, 4.69) is 56.2 Å². The normalized spacial score (nSPS) is 14.4. The minimum atomic E-state index is -0.130. The van der Waals surface area contributed by atoms with E-state index in [4.69, 9.17) is 4.42 Å². The van der Waals surface area contributed by atoms with Gasteiger partial charge < -0.3 is 14.3 Å². The molecule has 2 aromatic heterocycles. The van der Waals surface area contributed by atoms with Gasteiger partial charge in [-0.25, -0.2) is 0 Å². The number of amides is 1. The summed E-state index contributed by atoms with van der Waals surface area (Å²) < 4.78 is 7.16. The van der Waals surface area contributed by atoms with Crippen molar-refractivity contribution in [2.75, 3.05) is 19.6 Å². The van der Waals surface area contributed by atoms with Crippen LogP contribution in [0.15, 0.2) is 47.3 Å². The van der Waals surface area contributed by atoms with Gasteiger partial charge in [-0.1, -0.05) is 31.2 Å². The van der Waals surface area contributed by atoms with E-state index in [-0.39, 0.29) is 5.91 Å². The van der Waals surface area contributed by atoms with Crippen molar-refractivity contribution in [3.63, 3.8) is 0 Å². The van der Waals surface area contributed by atoms with Crippen LogP contribution in [0.1, 0.15) is 40.1 Å². The summed E-state index contributed by atoms with van der Waals surface area (Å²) >= 11 is 0. The van der Waals surface area contributed by atoms with Crippen LogP contribution in [0.4, 0.5) is 0 Å². The molecule has 0 bridgehead atoms. The fourth-order valence-electron chi connectivity index (χ4n) is 3.69. The lowest BCUT2D eigenvalue weighted by atomic mass is 10.1. The molecule has 0 saturated carbocycles. The van der Waals surface area contributed by atoms with Crippen LogP contribution in [0.25, 0.3) is 0 Å². The Morgan fingerprint density at radius 3 is 2.69 bits per heavy atom. The number of fused-ring (bicyclic) bond motifs is 1. The van der Waals surface area contributed by atoms with Gasteiger partial charge in [-0.3, -0.25) is 9.69 Å². The molecule has 0 fully saturated rings. The van der Waals surface area contributed by atoms with Gasteiger partial charge in [0, 0.05) is 45.6 Å². The number of carbonyl (C=O) groups excluding carboxylic acids is 1. The van der Waals surface area contributed by atoms with Crippen molar-refractivity contribution >= 4 is 5.91 Å². The highest BCUT2D eigenvalue weighted by atomic mass is 16.3. The quantitative estimate of drug-likeness (QED) is 0.667. The summed E-state index contributed by atoms with van der Waals surface area (Å²) in [6.45, 7) is 6.48. The Labute approximate surface area is 170 Å². The maximum absolute atomic E-state index is 12.0. The van der Waals surface area contributed by atoms with Crippen molar-refractivity contribution in [3.05, 3.63) is 71.2 Å². The SMILES string of the molecule is CCc1ccc(CN2CCc3nnc(CCNC(=O)c4ccoc4)n3CC2)cc1. The Hall–Kier alpha value is -2.93. The minimum Gasteiger partial charge on any atom is -0.472 e. The topological polar surface area (TPSA) is 76.2 Å². The second kappa shape index (κ2) is 9.05. The molecule has 152 valence electrons. The molecule has 29 heavy (non-hydrogen) atoms. The summed E-state index contributed by atoms with van der Waals surface area (Å²) in [5.41, 5.74) is 3.26. The fraction of sp³-hybridized carbons (Fsp3) is 0.409. The standard InChI is InChI=1S/C22H27N5O2/c1-2-17-3-5-18(6-4-17)15-26-11-8-21-25-24-20(27(21)13-12-26)7-10-23-22(28)19-9-14-29-16-19/h3-6,9,14,16H,2,7-8,10-13,15H2,1H3,(H,23,28). The predicted molar refractivity (Wildman–Crippen MR) is 110 cm³/mol. The molecule has 0 aliphatic carbocycles. The number of aryl methyl sites for hydroxylation is 1. The number of nitrogens with one attached hydrogen (secondary N) is 1. The van der Waals surface area contributed by atoms with Crippen molar-refractivity contribution in [2.45, 2.75) is 39.3 Å². The van der Waals surface area contributed by atoms with Gasteiger partial charge >= 0.3 is 0 Å². The monoisotopic (exact) mass is 393 g/mol. The van der Waals surface area contributed by atoms with Gasteiger partial charge in [0.25, 0.3) is 5.91 Å². The maximum atomic E-state index is 12.0. The lowest BCUT2D eigenvalue weighted by Crippen LogP contribution is -2.28. The van der Waals surface area contributed by atoms with Crippen molar-refractivity contribution in [2.24, 2.45) is 0 Å². The van der Waals surface area contributed by atoms with E-state index >= 15 is 0 Å². The average molecular weight is 393 g/mol. The molecule has 7 nitrogen and oxygen atoms in total. The molecule has 0 radical (unpaired) electrons. The first-order valence-corrected chi connectivity index (χ1v) is 10.2. The molecule has 1 aliphatic heterocycles. The summed E-state index contributed by atoms with van der Waals surface area (Å²) in [5, 5.41) is 11.6. The molecular formula is C22H27N5O2. The third-order valence-electron chi connectivity index (χ3n) is 5.45. The van der Waals surface area contributed by atoms with E-state index in [9.17, 15) is 4.79 Å². The highest BCUT2D eigenvalue weighted by Gasteiger charge is 2.19. The third kappa shape index (κ3) is 4.74. The molecule has 0 spiro atoms. The van der Waals surface area contributed by atoms with Crippen molar-refractivity contribution < 1.29 is 9.21 Å². The number of benzene rings is 1. The summed E-state index contributed by atoms with van der Waals surface area (Å²) in [4.78, 5) is 14.5. The Kier molecular flexibility index (Phi) is 6.05. The number of furan rings is 1. The molecule has 0 atom stereocenters. The molecule has 0 unspecified atom stereocenters. The van der Waals surface area contributed by atoms with E-state index < -0.39 is 0 Å². The van der Waals surface area contributed by atoms with E-state index in [0.717, 1.165) is 50.7 Å². The Balaban J connectivity index is 1.31. The van der Waals surface area contributed by atoms with Gasteiger partial charge in [0.15, 0.2) is 0 Å². The first-order chi connectivity index (χ1) is 14.2. The Morgan fingerprint density at radius 2 is 1.93 bits per heavy atom. The van der Waals surface area contributed by atoms with E-state index in [0.29, 0.717) is 18.5 Å².